The van der Waals surface area contributed by atoms with Crippen molar-refractivity contribution in [1.29, 1.82) is 0 Å². The van der Waals surface area contributed by atoms with Crippen molar-refractivity contribution in [2.45, 2.75) is 19.4 Å². The van der Waals surface area contributed by atoms with Crippen LogP contribution in [-0.4, -0.2) is 12.1 Å². The largest absolute Gasteiger partial charge is 0.675 e. The number of nitrogens with two attached hydrogens (primary N) is 1. The molecule has 1 atom stereocenters. The topological polar surface area (TPSA) is 90.9 Å². The third-order valence-electron chi connectivity index (χ3n) is 2.90. The molecule has 5 N–H and O–H groups in total. The van der Waals surface area contributed by atoms with Crippen molar-refractivity contribution in [2.75, 3.05) is 16.4 Å². The van der Waals surface area contributed by atoms with E-state index in [2.05, 4.69) is 10.6 Å². The van der Waals surface area contributed by atoms with Crippen LogP contribution in [0.4, 0.5) is 21.9 Å². The average molecular weight is 510 g/mol. The van der Waals surface area contributed by atoms with Crippen LogP contribution in [0, 0.1) is 44.1 Å². The zero-order valence-corrected chi connectivity index (χ0v) is 17.2. The number of anilines is 3. The molecule has 0 saturated heterocycles. The van der Waals surface area contributed by atoms with Crippen molar-refractivity contribution in [1.82, 2.24) is 0 Å². The molecule has 113 valence electrons. The molecule has 2 aromatic carbocycles. The van der Waals surface area contributed by atoms with Gasteiger partial charge in [0, 0.05) is 61.1 Å². The maximum Gasteiger partial charge on any atom is 0.323 e. The Kier molecular flexibility index (Phi) is 7.88. The van der Waals surface area contributed by atoms with E-state index in [0.29, 0.717) is 23.5 Å². The number of carbonyl (C=O) groups is 1. The molecule has 22 heavy (non-hydrogen) atoms. The Hall–Kier alpha value is -1.09. The van der Waals surface area contributed by atoms with E-state index in [-0.39, 0.29) is 56.1 Å². The fraction of sp³-hybridized carbons (Fsp3) is 0.188. The standard InChI is InChI=1S/C16H19N4O.Ac/c1-11(17)9-12-5-7-14(8-6-12)19-16(21)20-15-4-2-3-13(18)10-15;/h2-8,10-11,17H,9,18H2,1H3,(H2,19,20,21);/q-1;. The number of amides is 2. The second-order valence-electron chi connectivity index (χ2n) is 5.01. The molecule has 0 aliphatic rings. The van der Waals surface area contributed by atoms with Crippen LogP contribution in [0.25, 0.3) is 5.73 Å². The molecule has 6 heteroatoms. The van der Waals surface area contributed by atoms with Gasteiger partial charge in [-0.15, -0.1) is 6.04 Å². The average Bonchev–Trinajstić information content (AvgIpc) is 2.40. The predicted octanol–water partition coefficient (Wildman–Crippen LogP) is 3.90. The molecule has 0 fully saturated rings. The molecule has 0 aromatic heterocycles. The van der Waals surface area contributed by atoms with Gasteiger partial charge in [-0.1, -0.05) is 25.1 Å². The summed E-state index contributed by atoms with van der Waals surface area (Å²) in [4.78, 5) is 11.9. The molecule has 0 aliphatic heterocycles. The Bertz CT molecular complexity index is 614. The van der Waals surface area contributed by atoms with Crippen molar-refractivity contribution in [2.24, 2.45) is 0 Å². The minimum Gasteiger partial charge on any atom is -0.675 e. The van der Waals surface area contributed by atoms with Gasteiger partial charge in [0.1, 0.15) is 0 Å². The summed E-state index contributed by atoms with van der Waals surface area (Å²) in [5.74, 6) is 0. The molecular weight excluding hydrogens is 491 g/mol. The monoisotopic (exact) mass is 510 g/mol. The summed E-state index contributed by atoms with van der Waals surface area (Å²) >= 11 is 0. The van der Waals surface area contributed by atoms with E-state index >= 15 is 0 Å². The van der Waals surface area contributed by atoms with Crippen LogP contribution < -0.4 is 16.4 Å². The van der Waals surface area contributed by atoms with Crippen molar-refractivity contribution in [3.05, 3.63) is 59.8 Å². The van der Waals surface area contributed by atoms with Gasteiger partial charge in [0.2, 0.25) is 0 Å². The summed E-state index contributed by atoms with van der Waals surface area (Å²) < 4.78 is 0. The van der Waals surface area contributed by atoms with E-state index in [1.54, 1.807) is 24.3 Å². The SMILES string of the molecule is CC([NH-])Cc1ccc(NC(=O)Nc2cccc(N)c2)cc1.[Ac]. The molecule has 0 aliphatic carbocycles. The van der Waals surface area contributed by atoms with Gasteiger partial charge >= 0.3 is 6.03 Å². The number of carbonyl (C=O) groups excluding carboxylic acids is 1. The van der Waals surface area contributed by atoms with Crippen molar-refractivity contribution >= 4 is 23.1 Å². The van der Waals surface area contributed by atoms with Gasteiger partial charge in [0.05, 0.1) is 0 Å². The molecule has 5 nitrogen and oxygen atoms in total. The molecule has 1 unspecified atom stereocenters. The van der Waals surface area contributed by atoms with Crippen LogP contribution in [0.3, 0.4) is 0 Å². The van der Waals surface area contributed by atoms with E-state index in [1.807, 2.05) is 31.2 Å². The van der Waals surface area contributed by atoms with Gasteiger partial charge in [-0.05, 0) is 42.3 Å². The van der Waals surface area contributed by atoms with E-state index in [4.69, 9.17) is 11.5 Å². The van der Waals surface area contributed by atoms with Gasteiger partial charge in [-0.25, -0.2) is 4.79 Å². The minimum absolute atomic E-state index is 0. The van der Waals surface area contributed by atoms with Crippen LogP contribution in [0.2, 0.25) is 0 Å². The third-order valence-corrected chi connectivity index (χ3v) is 2.90. The van der Waals surface area contributed by atoms with Crippen LogP contribution in [0.15, 0.2) is 48.5 Å². The Morgan fingerprint density at radius 1 is 1.14 bits per heavy atom. The Balaban J connectivity index is 0.00000242. The van der Waals surface area contributed by atoms with Crippen LogP contribution in [0.1, 0.15) is 12.5 Å². The molecule has 1 radical (unpaired) electrons. The number of hydrogen-bond donors (Lipinski definition) is 3. The fourth-order valence-electron chi connectivity index (χ4n) is 1.99. The van der Waals surface area contributed by atoms with Gasteiger partial charge < -0.3 is 22.1 Å². The Labute approximate surface area is 166 Å². The van der Waals surface area contributed by atoms with Gasteiger partial charge in [-0.2, -0.15) is 0 Å². The summed E-state index contributed by atoms with van der Waals surface area (Å²) in [7, 11) is 0. The number of rotatable bonds is 4. The first-order valence-corrected chi connectivity index (χ1v) is 6.76. The van der Waals surface area contributed by atoms with Crippen LogP contribution in [0.5, 0.6) is 0 Å². The summed E-state index contributed by atoms with van der Waals surface area (Å²) in [6.07, 6.45) is 0.704. The number of hydrogen-bond acceptors (Lipinski definition) is 2. The molecular formula is C16H19AcN4O-. The van der Waals surface area contributed by atoms with Crippen molar-refractivity contribution < 1.29 is 48.9 Å². The minimum atomic E-state index is -0.317. The maximum atomic E-state index is 11.9. The first kappa shape index (κ1) is 19.0. The second kappa shape index (κ2) is 9.14. The first-order chi connectivity index (χ1) is 10.0. The zero-order chi connectivity index (χ0) is 15.2. The van der Waals surface area contributed by atoms with E-state index in [1.165, 1.54) is 0 Å². The molecule has 2 amide bonds. The molecule has 2 aromatic rings. The second-order valence-corrected chi connectivity index (χ2v) is 5.01. The van der Waals surface area contributed by atoms with Gasteiger partial charge in [0.15, 0.2) is 0 Å². The van der Waals surface area contributed by atoms with Crippen molar-refractivity contribution in [3.8, 4) is 0 Å². The summed E-state index contributed by atoms with van der Waals surface area (Å²) in [6.45, 7) is 1.85. The number of benzene rings is 2. The number of nitrogens with one attached hydrogen (secondary N) is 3. The summed E-state index contributed by atoms with van der Waals surface area (Å²) in [6, 6.07) is 14.1. The quantitative estimate of drug-likeness (QED) is 0.545. The van der Waals surface area contributed by atoms with Gasteiger partial charge in [0.25, 0.3) is 0 Å². The first-order valence-electron chi connectivity index (χ1n) is 6.76. The van der Waals surface area contributed by atoms with Crippen LogP contribution >= 0.6 is 0 Å². The zero-order valence-electron chi connectivity index (χ0n) is 12.5. The summed E-state index contributed by atoms with van der Waals surface area (Å²) in [5, 5.41) is 5.47. The Morgan fingerprint density at radius 3 is 2.36 bits per heavy atom. The Morgan fingerprint density at radius 2 is 1.77 bits per heavy atom. The van der Waals surface area contributed by atoms with E-state index in [0.717, 1.165) is 5.56 Å². The molecule has 0 saturated carbocycles. The van der Waals surface area contributed by atoms with E-state index in [9.17, 15) is 4.79 Å². The van der Waals surface area contributed by atoms with Crippen LogP contribution in [-0.2, 0) is 6.42 Å². The molecule has 0 heterocycles. The predicted molar refractivity (Wildman–Crippen MR) is 87.4 cm³/mol. The normalized spacial score (nSPS) is 11.2. The number of nitrogen functional groups attached to an aromatic ring is 1. The molecule has 0 spiro atoms. The van der Waals surface area contributed by atoms with Crippen molar-refractivity contribution in [3.63, 3.8) is 0 Å². The molecule has 2 rings (SSSR count). The fourth-order valence-corrected chi connectivity index (χ4v) is 1.99. The smallest absolute Gasteiger partial charge is 0.323 e. The summed E-state index contributed by atoms with van der Waals surface area (Å²) in [5.41, 5.74) is 16.2. The van der Waals surface area contributed by atoms with Gasteiger partial charge in [-0.3, -0.25) is 0 Å². The molecule has 0 bridgehead atoms. The third kappa shape index (κ3) is 6.35. The number of urea groups is 1. The maximum absolute atomic E-state index is 11.9. The van der Waals surface area contributed by atoms with E-state index < -0.39 is 0 Å².